The van der Waals surface area contributed by atoms with Gasteiger partial charge < -0.3 is 10.0 Å². The second kappa shape index (κ2) is 7.88. The van der Waals surface area contributed by atoms with E-state index in [0.717, 1.165) is 0 Å². The molecule has 4 nitrogen and oxygen atoms in total. The topological polar surface area (TPSA) is 57.6 Å². The van der Waals surface area contributed by atoms with Crippen LogP contribution in [-0.4, -0.2) is 35.0 Å². The molecular formula is C19H19F2NO3. The summed E-state index contributed by atoms with van der Waals surface area (Å²) in [6.07, 6.45) is -0.142. The summed E-state index contributed by atoms with van der Waals surface area (Å²) in [7, 11) is 1.55. The quantitative estimate of drug-likeness (QED) is 0.872. The maximum absolute atomic E-state index is 13.8. The van der Waals surface area contributed by atoms with Gasteiger partial charge >= 0.3 is 5.97 Å². The van der Waals surface area contributed by atoms with Crippen molar-refractivity contribution < 1.29 is 23.5 Å². The SMILES string of the molecule is C[C@@H](Cc1c(F)cccc1F)N(C)C(=O)c1cccc(CC(=O)O)c1. The Morgan fingerprint density at radius 1 is 1.12 bits per heavy atom. The largest absolute Gasteiger partial charge is 0.481 e. The van der Waals surface area contributed by atoms with E-state index in [-0.39, 0.29) is 24.3 Å². The molecule has 2 aromatic carbocycles. The molecule has 1 atom stereocenters. The zero-order chi connectivity index (χ0) is 18.6. The van der Waals surface area contributed by atoms with Gasteiger partial charge in [-0.05, 0) is 43.2 Å². The minimum Gasteiger partial charge on any atom is -0.481 e. The van der Waals surface area contributed by atoms with Gasteiger partial charge in [0.05, 0.1) is 6.42 Å². The second-order valence-corrected chi connectivity index (χ2v) is 5.94. The van der Waals surface area contributed by atoms with E-state index < -0.39 is 23.6 Å². The predicted octanol–water partition coefficient (Wildman–Crippen LogP) is 3.30. The maximum Gasteiger partial charge on any atom is 0.307 e. The predicted molar refractivity (Wildman–Crippen MR) is 89.4 cm³/mol. The first-order chi connectivity index (χ1) is 11.8. The number of aliphatic carboxylic acids is 1. The van der Waals surface area contributed by atoms with Crippen molar-refractivity contribution in [2.24, 2.45) is 0 Å². The summed E-state index contributed by atoms with van der Waals surface area (Å²) >= 11 is 0. The summed E-state index contributed by atoms with van der Waals surface area (Å²) in [5, 5.41) is 8.84. The van der Waals surface area contributed by atoms with E-state index in [9.17, 15) is 18.4 Å². The van der Waals surface area contributed by atoms with Gasteiger partial charge in [0.15, 0.2) is 0 Å². The fraction of sp³-hybridized carbons (Fsp3) is 0.263. The molecule has 0 saturated heterocycles. The molecule has 0 bridgehead atoms. The minimum atomic E-state index is -0.985. The van der Waals surface area contributed by atoms with Crippen molar-refractivity contribution in [1.82, 2.24) is 4.90 Å². The Hall–Kier alpha value is -2.76. The summed E-state index contributed by atoms with van der Waals surface area (Å²) < 4.78 is 27.5. The van der Waals surface area contributed by atoms with Crippen molar-refractivity contribution >= 4 is 11.9 Å². The fourth-order valence-electron chi connectivity index (χ4n) is 2.55. The van der Waals surface area contributed by atoms with Crippen LogP contribution in [0.3, 0.4) is 0 Å². The molecule has 0 aliphatic rings. The standard InChI is InChI=1S/C19H19F2NO3/c1-12(9-15-16(20)7-4-8-17(15)21)22(2)19(25)14-6-3-5-13(10-14)11-18(23)24/h3-8,10,12H,9,11H2,1-2H3,(H,23,24)/t12-/m0/s1. The number of carbonyl (C=O) groups is 2. The van der Waals surface area contributed by atoms with E-state index in [0.29, 0.717) is 11.1 Å². The zero-order valence-corrected chi connectivity index (χ0v) is 14.0. The van der Waals surface area contributed by atoms with Crippen LogP contribution < -0.4 is 0 Å². The lowest BCUT2D eigenvalue weighted by Gasteiger charge is -2.25. The smallest absolute Gasteiger partial charge is 0.307 e. The van der Waals surface area contributed by atoms with Crippen LogP contribution in [0.5, 0.6) is 0 Å². The molecule has 1 amide bonds. The van der Waals surface area contributed by atoms with Crippen LogP contribution in [0.25, 0.3) is 0 Å². The molecule has 0 unspecified atom stereocenters. The van der Waals surface area contributed by atoms with Gasteiger partial charge in [-0.1, -0.05) is 18.2 Å². The number of hydrogen-bond donors (Lipinski definition) is 1. The van der Waals surface area contributed by atoms with E-state index in [4.69, 9.17) is 5.11 Å². The summed E-state index contributed by atoms with van der Waals surface area (Å²) in [5.41, 5.74) is 0.788. The first-order valence-corrected chi connectivity index (χ1v) is 7.80. The molecule has 2 aromatic rings. The van der Waals surface area contributed by atoms with E-state index in [2.05, 4.69) is 0 Å². The van der Waals surface area contributed by atoms with Crippen LogP contribution >= 0.6 is 0 Å². The highest BCUT2D eigenvalue weighted by Gasteiger charge is 2.21. The lowest BCUT2D eigenvalue weighted by molar-refractivity contribution is -0.136. The molecule has 0 heterocycles. The van der Waals surface area contributed by atoms with Gasteiger partial charge in [0.25, 0.3) is 5.91 Å². The highest BCUT2D eigenvalue weighted by Crippen LogP contribution is 2.17. The summed E-state index contributed by atoms with van der Waals surface area (Å²) in [5.74, 6) is -2.61. The Labute approximate surface area is 144 Å². The number of benzene rings is 2. The molecule has 25 heavy (non-hydrogen) atoms. The molecule has 2 rings (SSSR count). The van der Waals surface area contributed by atoms with Gasteiger partial charge in [0.2, 0.25) is 0 Å². The van der Waals surface area contributed by atoms with Crippen molar-refractivity contribution in [3.63, 3.8) is 0 Å². The number of amides is 1. The Kier molecular flexibility index (Phi) is 5.85. The molecule has 1 N–H and O–H groups in total. The van der Waals surface area contributed by atoms with Crippen LogP contribution in [0.1, 0.15) is 28.4 Å². The summed E-state index contributed by atoms with van der Waals surface area (Å²) in [4.78, 5) is 24.8. The highest BCUT2D eigenvalue weighted by molar-refractivity contribution is 5.94. The maximum atomic E-state index is 13.8. The first kappa shape index (κ1) is 18.6. The molecule has 0 saturated carbocycles. The number of carbonyl (C=O) groups excluding carboxylic acids is 1. The Bertz CT molecular complexity index is 772. The van der Waals surface area contributed by atoms with E-state index >= 15 is 0 Å². The lowest BCUT2D eigenvalue weighted by atomic mass is 10.0. The van der Waals surface area contributed by atoms with Crippen LogP contribution in [0.4, 0.5) is 8.78 Å². The lowest BCUT2D eigenvalue weighted by Crippen LogP contribution is -2.36. The number of halogens is 2. The molecule has 0 aliphatic carbocycles. The molecule has 0 aromatic heterocycles. The number of rotatable bonds is 6. The third kappa shape index (κ3) is 4.62. The molecule has 132 valence electrons. The van der Waals surface area contributed by atoms with E-state index in [1.165, 1.54) is 29.2 Å². The van der Waals surface area contributed by atoms with Gasteiger partial charge in [-0.25, -0.2) is 8.78 Å². The highest BCUT2D eigenvalue weighted by atomic mass is 19.1. The van der Waals surface area contributed by atoms with Crippen LogP contribution in [-0.2, 0) is 17.6 Å². The van der Waals surface area contributed by atoms with Crippen molar-refractivity contribution in [2.75, 3.05) is 7.05 Å². The Balaban J connectivity index is 2.15. The number of carboxylic acid groups (broad SMARTS) is 1. The van der Waals surface area contributed by atoms with Crippen LogP contribution in [0, 0.1) is 11.6 Å². The molecule has 0 aliphatic heterocycles. The Morgan fingerprint density at radius 3 is 2.32 bits per heavy atom. The van der Waals surface area contributed by atoms with Gasteiger partial charge in [0, 0.05) is 24.2 Å². The van der Waals surface area contributed by atoms with Crippen molar-refractivity contribution in [3.8, 4) is 0 Å². The molecule has 0 fully saturated rings. The zero-order valence-electron chi connectivity index (χ0n) is 14.0. The van der Waals surface area contributed by atoms with Gasteiger partial charge in [-0.3, -0.25) is 9.59 Å². The van der Waals surface area contributed by atoms with Crippen molar-refractivity contribution in [2.45, 2.75) is 25.8 Å². The van der Waals surface area contributed by atoms with Gasteiger partial charge in [-0.2, -0.15) is 0 Å². The number of likely N-dealkylation sites (N-methyl/N-ethyl adjacent to an activating group) is 1. The fourth-order valence-corrected chi connectivity index (χ4v) is 2.55. The monoisotopic (exact) mass is 347 g/mol. The van der Waals surface area contributed by atoms with Crippen LogP contribution in [0.2, 0.25) is 0 Å². The molecule has 0 spiro atoms. The third-order valence-corrected chi connectivity index (χ3v) is 4.07. The Morgan fingerprint density at radius 2 is 1.72 bits per heavy atom. The van der Waals surface area contributed by atoms with E-state index in [1.807, 2.05) is 0 Å². The second-order valence-electron chi connectivity index (χ2n) is 5.94. The summed E-state index contributed by atoms with van der Waals surface area (Å²) in [6.45, 7) is 1.70. The average molecular weight is 347 g/mol. The third-order valence-electron chi connectivity index (χ3n) is 4.07. The van der Waals surface area contributed by atoms with E-state index in [1.54, 1.807) is 32.2 Å². The number of nitrogens with zero attached hydrogens (tertiary/aromatic N) is 1. The van der Waals surface area contributed by atoms with Crippen LogP contribution in [0.15, 0.2) is 42.5 Å². The average Bonchev–Trinajstić information content (AvgIpc) is 2.56. The molecular weight excluding hydrogens is 328 g/mol. The number of carboxylic acids is 1. The molecule has 6 heteroatoms. The summed E-state index contributed by atoms with van der Waals surface area (Å²) in [6, 6.07) is 9.56. The number of hydrogen-bond acceptors (Lipinski definition) is 2. The normalized spacial score (nSPS) is 11.8. The molecule has 0 radical (unpaired) electrons. The van der Waals surface area contributed by atoms with Crippen molar-refractivity contribution in [1.29, 1.82) is 0 Å². The van der Waals surface area contributed by atoms with Crippen molar-refractivity contribution in [3.05, 3.63) is 70.8 Å². The van der Waals surface area contributed by atoms with Gasteiger partial charge in [0.1, 0.15) is 11.6 Å². The first-order valence-electron chi connectivity index (χ1n) is 7.80. The van der Waals surface area contributed by atoms with Gasteiger partial charge in [-0.15, -0.1) is 0 Å². The minimum absolute atomic E-state index is 0.0373.